The number of carbonyl (C=O) groups excluding carboxylic acids is 1. The number of hydrogen-bond donors (Lipinski definition) is 1. The normalized spacial score (nSPS) is 11.7. The summed E-state index contributed by atoms with van der Waals surface area (Å²) in [5.74, 6) is -0.560. The van der Waals surface area contributed by atoms with Crippen LogP contribution >= 0.6 is 0 Å². The van der Waals surface area contributed by atoms with Crippen molar-refractivity contribution in [2.45, 2.75) is 32.4 Å². The highest BCUT2D eigenvalue weighted by Gasteiger charge is 2.16. The molecule has 0 aliphatic rings. The Hall–Kier alpha value is -2.71. The minimum absolute atomic E-state index is 0.224. The minimum atomic E-state index is -1.18. The number of benzene rings is 2. The number of halogens is 1. The van der Waals surface area contributed by atoms with E-state index in [1.54, 1.807) is 35.1 Å². The number of para-hydroxylation sites is 1. The van der Waals surface area contributed by atoms with Crippen LogP contribution in [0.25, 0.3) is 10.9 Å². The molecule has 0 saturated carbocycles. The van der Waals surface area contributed by atoms with Crippen molar-refractivity contribution in [3.63, 3.8) is 0 Å². The molecule has 1 amide bonds. The summed E-state index contributed by atoms with van der Waals surface area (Å²) in [6.07, 6.45) is 1.60. The first-order valence-corrected chi connectivity index (χ1v) is 12.7. The zero-order chi connectivity index (χ0) is 20.3. The molecule has 148 valence electrons. The van der Waals surface area contributed by atoms with E-state index in [1.165, 1.54) is 12.1 Å². The lowest BCUT2D eigenvalue weighted by molar-refractivity contribution is 0.0816. The summed E-state index contributed by atoms with van der Waals surface area (Å²) in [5, 5.41) is 4.91. The molecule has 0 fully saturated rings. The molecule has 3 rings (SSSR count). The number of aromatic nitrogens is 2. The van der Waals surface area contributed by atoms with Gasteiger partial charge in [-0.05, 0) is 18.2 Å². The maximum atomic E-state index is 14.2. The maximum Gasteiger partial charge on any atom is 0.252 e. The fourth-order valence-electron chi connectivity index (χ4n) is 2.71. The van der Waals surface area contributed by atoms with E-state index < -0.39 is 19.8 Å². The summed E-state index contributed by atoms with van der Waals surface area (Å²) in [6, 6.07) is 10.3. The van der Waals surface area contributed by atoms with E-state index >= 15 is 0 Å². The van der Waals surface area contributed by atoms with Crippen LogP contribution in [0.15, 0.2) is 42.6 Å². The van der Waals surface area contributed by atoms with Crippen molar-refractivity contribution in [3.8, 4) is 11.5 Å². The highest BCUT2D eigenvalue weighted by Crippen LogP contribution is 2.32. The summed E-state index contributed by atoms with van der Waals surface area (Å²) in [4.78, 5) is 11.6. The van der Waals surface area contributed by atoms with E-state index in [1.807, 2.05) is 0 Å². The molecule has 8 heteroatoms. The third-order valence-corrected chi connectivity index (χ3v) is 5.98. The summed E-state index contributed by atoms with van der Waals surface area (Å²) < 4.78 is 27.3. The lowest BCUT2D eigenvalue weighted by Crippen LogP contribution is -2.22. The first-order chi connectivity index (χ1) is 13.2. The highest BCUT2D eigenvalue weighted by atomic mass is 28.3. The molecule has 0 atom stereocenters. The van der Waals surface area contributed by atoms with Crippen molar-refractivity contribution in [3.05, 3.63) is 54.0 Å². The van der Waals surface area contributed by atoms with Gasteiger partial charge >= 0.3 is 0 Å². The molecule has 0 spiro atoms. The largest absolute Gasteiger partial charge is 0.456 e. The molecule has 0 bridgehead atoms. The van der Waals surface area contributed by atoms with Crippen molar-refractivity contribution in [1.29, 1.82) is 0 Å². The van der Waals surface area contributed by atoms with Crippen molar-refractivity contribution in [2.75, 3.05) is 6.61 Å². The van der Waals surface area contributed by atoms with Gasteiger partial charge in [-0.3, -0.25) is 4.79 Å². The fourth-order valence-corrected chi connectivity index (χ4v) is 3.46. The molecular weight excluding hydrogens is 377 g/mol. The Bertz CT molecular complexity index is 998. The zero-order valence-corrected chi connectivity index (χ0v) is 17.2. The summed E-state index contributed by atoms with van der Waals surface area (Å²) in [5.41, 5.74) is 6.17. The van der Waals surface area contributed by atoms with E-state index in [9.17, 15) is 9.18 Å². The third-order valence-electron chi connectivity index (χ3n) is 4.27. The van der Waals surface area contributed by atoms with Crippen LogP contribution in [0.1, 0.15) is 10.4 Å². The molecule has 0 saturated heterocycles. The maximum absolute atomic E-state index is 14.2. The Labute approximate surface area is 164 Å². The predicted molar refractivity (Wildman–Crippen MR) is 109 cm³/mol. The van der Waals surface area contributed by atoms with Gasteiger partial charge in [-0.25, -0.2) is 9.07 Å². The van der Waals surface area contributed by atoms with Gasteiger partial charge in [-0.15, -0.1) is 0 Å². The highest BCUT2D eigenvalue weighted by molar-refractivity contribution is 6.76. The molecule has 2 N–H and O–H groups in total. The second-order valence-electron chi connectivity index (χ2n) is 7.79. The Balaban J connectivity index is 1.85. The van der Waals surface area contributed by atoms with Crippen LogP contribution in [-0.4, -0.2) is 30.4 Å². The number of hydrogen-bond acceptors (Lipinski definition) is 4. The van der Waals surface area contributed by atoms with E-state index in [0.29, 0.717) is 17.5 Å². The lowest BCUT2D eigenvalue weighted by atomic mass is 10.2. The van der Waals surface area contributed by atoms with Crippen LogP contribution in [0.4, 0.5) is 4.39 Å². The molecule has 0 aliphatic carbocycles. The average molecular weight is 402 g/mol. The molecule has 1 aromatic heterocycles. The van der Waals surface area contributed by atoms with Crippen molar-refractivity contribution in [1.82, 2.24) is 9.78 Å². The number of ether oxygens (including phenoxy) is 2. The molecule has 0 unspecified atom stereocenters. The number of amides is 1. The molecule has 2 aromatic carbocycles. The molecule has 6 nitrogen and oxygen atoms in total. The van der Waals surface area contributed by atoms with Gasteiger partial charge < -0.3 is 15.2 Å². The van der Waals surface area contributed by atoms with Gasteiger partial charge in [0.15, 0.2) is 0 Å². The first kappa shape index (κ1) is 20.0. The van der Waals surface area contributed by atoms with Crippen LogP contribution < -0.4 is 10.5 Å². The molecule has 0 radical (unpaired) electrons. The Morgan fingerprint density at radius 1 is 1.21 bits per heavy atom. The topological polar surface area (TPSA) is 79.4 Å². The SMILES string of the molecule is C[Si](C)(C)CCOCn1ncc2c(Oc3ccccc3C(N)=O)cc(F)cc21. The predicted octanol–water partition coefficient (Wildman–Crippen LogP) is 4.38. The van der Waals surface area contributed by atoms with E-state index in [-0.39, 0.29) is 23.8 Å². The van der Waals surface area contributed by atoms with Crippen LogP contribution in [-0.2, 0) is 11.5 Å². The van der Waals surface area contributed by atoms with Gasteiger partial charge in [0.25, 0.3) is 5.91 Å². The number of rotatable bonds is 8. The monoisotopic (exact) mass is 401 g/mol. The lowest BCUT2D eigenvalue weighted by Gasteiger charge is -2.15. The summed E-state index contributed by atoms with van der Waals surface area (Å²) in [7, 11) is -1.18. The number of primary amides is 1. The minimum Gasteiger partial charge on any atom is -0.456 e. The van der Waals surface area contributed by atoms with E-state index in [4.69, 9.17) is 15.2 Å². The van der Waals surface area contributed by atoms with Crippen LogP contribution in [0.5, 0.6) is 11.5 Å². The number of nitrogens with two attached hydrogens (primary N) is 1. The second kappa shape index (κ2) is 8.11. The molecule has 1 heterocycles. The van der Waals surface area contributed by atoms with Gasteiger partial charge in [0, 0.05) is 26.8 Å². The number of fused-ring (bicyclic) bond motifs is 1. The Morgan fingerprint density at radius 3 is 2.68 bits per heavy atom. The summed E-state index contributed by atoms with van der Waals surface area (Å²) in [6.45, 7) is 7.71. The van der Waals surface area contributed by atoms with E-state index in [0.717, 1.165) is 6.04 Å². The van der Waals surface area contributed by atoms with Crippen molar-refractivity contribution < 1.29 is 18.7 Å². The second-order valence-corrected chi connectivity index (χ2v) is 13.4. The van der Waals surface area contributed by atoms with Crippen LogP contribution in [0.2, 0.25) is 25.7 Å². The van der Waals surface area contributed by atoms with Crippen molar-refractivity contribution in [2.24, 2.45) is 5.73 Å². The molecule has 28 heavy (non-hydrogen) atoms. The number of nitrogens with zero attached hydrogens (tertiary/aromatic N) is 2. The Morgan fingerprint density at radius 2 is 1.96 bits per heavy atom. The van der Waals surface area contributed by atoms with Crippen LogP contribution in [0, 0.1) is 5.82 Å². The number of carbonyl (C=O) groups is 1. The quantitative estimate of drug-likeness (QED) is 0.449. The molecule has 0 aliphatic heterocycles. The van der Waals surface area contributed by atoms with Gasteiger partial charge in [0.05, 0.1) is 22.7 Å². The molecular formula is C20H24FN3O3Si. The van der Waals surface area contributed by atoms with Gasteiger partial charge in [-0.1, -0.05) is 31.8 Å². The first-order valence-electron chi connectivity index (χ1n) is 9.04. The standard InChI is InChI=1S/C20H24FN3O3Si/c1-28(2,3)9-8-26-13-24-17-10-14(21)11-19(16(17)12-23-24)27-18-7-5-4-6-15(18)20(22)25/h4-7,10-12H,8-9,13H2,1-3H3,(H2,22,25). The average Bonchev–Trinajstić information content (AvgIpc) is 3.01. The van der Waals surface area contributed by atoms with Crippen LogP contribution in [0.3, 0.4) is 0 Å². The van der Waals surface area contributed by atoms with E-state index in [2.05, 4.69) is 24.7 Å². The third kappa shape index (κ3) is 4.76. The van der Waals surface area contributed by atoms with Gasteiger partial charge in [0.1, 0.15) is 24.0 Å². The summed E-state index contributed by atoms with van der Waals surface area (Å²) >= 11 is 0. The Kier molecular flexibility index (Phi) is 5.81. The van der Waals surface area contributed by atoms with Gasteiger partial charge in [0.2, 0.25) is 0 Å². The van der Waals surface area contributed by atoms with Gasteiger partial charge in [-0.2, -0.15) is 5.10 Å². The fraction of sp³-hybridized carbons (Fsp3) is 0.300. The smallest absolute Gasteiger partial charge is 0.252 e. The van der Waals surface area contributed by atoms with Crippen molar-refractivity contribution >= 4 is 24.9 Å². The molecule has 3 aromatic rings. The zero-order valence-electron chi connectivity index (χ0n) is 16.2.